The summed E-state index contributed by atoms with van der Waals surface area (Å²) in [4.78, 5) is 16.9. The highest BCUT2D eigenvalue weighted by molar-refractivity contribution is 7.99. The van der Waals surface area contributed by atoms with E-state index in [0.717, 1.165) is 22.5 Å². The summed E-state index contributed by atoms with van der Waals surface area (Å²) in [6, 6.07) is 19.1. The third kappa shape index (κ3) is 5.00. The van der Waals surface area contributed by atoms with Crippen LogP contribution >= 0.6 is 23.4 Å². The largest absolute Gasteiger partial charge is 0.325 e. The van der Waals surface area contributed by atoms with Crippen molar-refractivity contribution in [3.05, 3.63) is 83.6 Å². The zero-order chi connectivity index (χ0) is 22.5. The summed E-state index contributed by atoms with van der Waals surface area (Å²) in [5.74, 6) is 1.06. The summed E-state index contributed by atoms with van der Waals surface area (Å²) in [5.41, 5.74) is 3.63. The average Bonchev–Trinajstić information content (AvgIpc) is 3.23. The molecule has 4 aromatic rings. The minimum Gasteiger partial charge on any atom is -0.325 e. The van der Waals surface area contributed by atoms with Gasteiger partial charge in [-0.3, -0.25) is 14.3 Å². The Morgan fingerprint density at radius 2 is 1.84 bits per heavy atom. The van der Waals surface area contributed by atoms with Crippen molar-refractivity contribution < 1.29 is 4.79 Å². The third-order valence-electron chi connectivity index (χ3n) is 4.83. The van der Waals surface area contributed by atoms with Gasteiger partial charge in [0.15, 0.2) is 11.0 Å². The van der Waals surface area contributed by atoms with Crippen molar-refractivity contribution in [2.75, 3.05) is 11.1 Å². The van der Waals surface area contributed by atoms with E-state index < -0.39 is 0 Å². The van der Waals surface area contributed by atoms with E-state index in [2.05, 4.69) is 34.3 Å². The fraction of sp³-hybridized carbons (Fsp3) is 0.167. The molecule has 0 atom stereocenters. The van der Waals surface area contributed by atoms with Crippen LogP contribution in [0.3, 0.4) is 0 Å². The van der Waals surface area contributed by atoms with Gasteiger partial charge in [-0.15, -0.1) is 10.2 Å². The van der Waals surface area contributed by atoms with E-state index in [0.29, 0.717) is 21.9 Å². The lowest BCUT2D eigenvalue weighted by molar-refractivity contribution is -0.113. The van der Waals surface area contributed by atoms with Crippen LogP contribution in [0.1, 0.15) is 25.3 Å². The molecule has 1 N–H and O–H groups in total. The molecule has 0 unspecified atom stereocenters. The number of halogens is 1. The summed E-state index contributed by atoms with van der Waals surface area (Å²) < 4.78 is 1.91. The Labute approximate surface area is 196 Å². The van der Waals surface area contributed by atoms with E-state index in [-0.39, 0.29) is 11.7 Å². The molecule has 2 aromatic heterocycles. The van der Waals surface area contributed by atoms with Crippen molar-refractivity contribution in [2.45, 2.75) is 24.9 Å². The lowest BCUT2D eigenvalue weighted by Gasteiger charge is -2.14. The van der Waals surface area contributed by atoms with E-state index >= 15 is 0 Å². The van der Waals surface area contributed by atoms with E-state index in [4.69, 9.17) is 11.6 Å². The molecule has 0 aliphatic heterocycles. The standard InChI is InChI=1S/C24H22ClN5OS/c1-16(2)20-7-3-4-8-21(20)27-22(31)15-32-24-29-28-23(17-6-5-13-26-14-17)30(24)19-11-9-18(25)10-12-19/h3-14,16H,15H2,1-2H3,(H,27,31). The molecule has 0 fully saturated rings. The molecule has 0 bridgehead atoms. The van der Waals surface area contributed by atoms with Crippen molar-refractivity contribution in [1.82, 2.24) is 19.7 Å². The molecule has 6 nitrogen and oxygen atoms in total. The van der Waals surface area contributed by atoms with Crippen LogP contribution in [-0.4, -0.2) is 31.4 Å². The molecule has 0 saturated heterocycles. The average molecular weight is 464 g/mol. The normalized spacial score (nSPS) is 11.0. The number of amides is 1. The van der Waals surface area contributed by atoms with Crippen LogP contribution in [0, 0.1) is 0 Å². The molecule has 0 radical (unpaired) electrons. The number of aromatic nitrogens is 4. The number of benzene rings is 2. The Balaban J connectivity index is 1.58. The van der Waals surface area contributed by atoms with E-state index in [9.17, 15) is 4.79 Å². The molecular weight excluding hydrogens is 442 g/mol. The highest BCUT2D eigenvalue weighted by Crippen LogP contribution is 2.29. The van der Waals surface area contributed by atoms with Crippen molar-refractivity contribution in [3.8, 4) is 17.1 Å². The first-order valence-corrected chi connectivity index (χ1v) is 11.5. The SMILES string of the molecule is CC(C)c1ccccc1NC(=O)CSc1nnc(-c2cccnc2)n1-c1ccc(Cl)cc1. The highest BCUT2D eigenvalue weighted by Gasteiger charge is 2.18. The number of carbonyl (C=O) groups excluding carboxylic acids is 1. The van der Waals surface area contributed by atoms with Gasteiger partial charge in [0.2, 0.25) is 5.91 Å². The van der Waals surface area contributed by atoms with Crippen molar-refractivity contribution >= 4 is 35.0 Å². The Morgan fingerprint density at radius 3 is 2.56 bits per heavy atom. The maximum Gasteiger partial charge on any atom is 0.234 e. The summed E-state index contributed by atoms with van der Waals surface area (Å²) in [6.45, 7) is 4.21. The van der Waals surface area contributed by atoms with Crippen LogP contribution in [0.2, 0.25) is 5.02 Å². The molecule has 4 rings (SSSR count). The Hall–Kier alpha value is -3.16. The Morgan fingerprint density at radius 1 is 1.06 bits per heavy atom. The van der Waals surface area contributed by atoms with Crippen LogP contribution in [0.5, 0.6) is 0 Å². The number of para-hydroxylation sites is 1. The predicted molar refractivity (Wildman–Crippen MR) is 129 cm³/mol. The molecule has 2 aromatic carbocycles. The van der Waals surface area contributed by atoms with Gasteiger partial charge in [0.05, 0.1) is 5.75 Å². The number of carbonyl (C=O) groups is 1. The van der Waals surface area contributed by atoms with Crippen molar-refractivity contribution in [1.29, 1.82) is 0 Å². The van der Waals surface area contributed by atoms with Gasteiger partial charge in [0, 0.05) is 34.4 Å². The topological polar surface area (TPSA) is 72.7 Å². The maximum absolute atomic E-state index is 12.7. The van der Waals surface area contributed by atoms with Gasteiger partial charge in [-0.2, -0.15) is 0 Å². The fourth-order valence-corrected chi connectivity index (χ4v) is 4.18. The smallest absolute Gasteiger partial charge is 0.234 e. The van der Waals surface area contributed by atoms with Crippen LogP contribution in [-0.2, 0) is 4.79 Å². The minimum absolute atomic E-state index is 0.100. The molecule has 162 valence electrons. The first-order valence-electron chi connectivity index (χ1n) is 10.2. The lowest BCUT2D eigenvalue weighted by atomic mass is 10.0. The van der Waals surface area contributed by atoms with Crippen LogP contribution < -0.4 is 5.32 Å². The number of hydrogen-bond acceptors (Lipinski definition) is 5. The summed E-state index contributed by atoms with van der Waals surface area (Å²) in [5, 5.41) is 13.0. The Kier molecular flexibility index (Phi) is 6.87. The monoisotopic (exact) mass is 463 g/mol. The van der Waals surface area contributed by atoms with Gasteiger partial charge in [0.25, 0.3) is 0 Å². The van der Waals surface area contributed by atoms with Gasteiger partial charge in [0.1, 0.15) is 0 Å². The second-order valence-corrected chi connectivity index (χ2v) is 8.82. The summed E-state index contributed by atoms with van der Waals surface area (Å²) in [7, 11) is 0. The number of hydrogen-bond donors (Lipinski definition) is 1. The number of thioether (sulfide) groups is 1. The van der Waals surface area contributed by atoms with Crippen LogP contribution in [0.4, 0.5) is 5.69 Å². The molecule has 0 spiro atoms. The first kappa shape index (κ1) is 22.0. The molecule has 32 heavy (non-hydrogen) atoms. The van der Waals surface area contributed by atoms with E-state index in [1.165, 1.54) is 11.8 Å². The van der Waals surface area contributed by atoms with Gasteiger partial charge in [-0.25, -0.2) is 0 Å². The number of pyridine rings is 1. The van der Waals surface area contributed by atoms with E-state index in [1.54, 1.807) is 12.4 Å². The molecule has 0 aliphatic carbocycles. The zero-order valence-electron chi connectivity index (χ0n) is 17.7. The van der Waals surface area contributed by atoms with Gasteiger partial charge in [-0.1, -0.05) is 55.4 Å². The molecule has 0 saturated carbocycles. The molecule has 2 heterocycles. The number of nitrogens with zero attached hydrogens (tertiary/aromatic N) is 4. The molecule has 0 aliphatic rings. The Bertz CT molecular complexity index is 1210. The molecular formula is C24H22ClN5OS. The zero-order valence-corrected chi connectivity index (χ0v) is 19.3. The van der Waals surface area contributed by atoms with Crippen molar-refractivity contribution in [2.24, 2.45) is 0 Å². The first-order chi connectivity index (χ1) is 15.5. The highest BCUT2D eigenvalue weighted by atomic mass is 35.5. The van der Waals surface area contributed by atoms with E-state index in [1.807, 2.05) is 65.2 Å². The van der Waals surface area contributed by atoms with Gasteiger partial charge < -0.3 is 5.32 Å². The molecule has 8 heteroatoms. The third-order valence-corrected chi connectivity index (χ3v) is 6.01. The molecule has 1 amide bonds. The maximum atomic E-state index is 12.7. The van der Waals surface area contributed by atoms with Crippen molar-refractivity contribution in [3.63, 3.8) is 0 Å². The minimum atomic E-state index is -0.100. The van der Waals surface area contributed by atoms with Crippen LogP contribution in [0.25, 0.3) is 17.1 Å². The number of anilines is 1. The second-order valence-electron chi connectivity index (χ2n) is 7.44. The fourth-order valence-electron chi connectivity index (χ4n) is 3.30. The summed E-state index contributed by atoms with van der Waals surface area (Å²) in [6.07, 6.45) is 3.45. The predicted octanol–water partition coefficient (Wildman–Crippen LogP) is 5.84. The second kappa shape index (κ2) is 9.97. The van der Waals surface area contributed by atoms with Gasteiger partial charge >= 0.3 is 0 Å². The van der Waals surface area contributed by atoms with Gasteiger partial charge in [-0.05, 0) is 53.9 Å². The number of nitrogens with one attached hydrogen (secondary N) is 1. The summed E-state index contributed by atoms with van der Waals surface area (Å²) >= 11 is 7.40. The van der Waals surface area contributed by atoms with Crippen LogP contribution in [0.15, 0.2) is 78.2 Å². The number of rotatable bonds is 7. The lowest BCUT2D eigenvalue weighted by Crippen LogP contribution is -2.16. The quantitative estimate of drug-likeness (QED) is 0.349.